The fourth-order valence-corrected chi connectivity index (χ4v) is 5.53. The van der Waals surface area contributed by atoms with Crippen molar-refractivity contribution in [3.8, 4) is 11.1 Å². The lowest BCUT2D eigenvalue weighted by molar-refractivity contribution is -0.129. The number of hydrogen-bond donors (Lipinski definition) is 3. The first-order valence-corrected chi connectivity index (χ1v) is 13.0. The van der Waals surface area contributed by atoms with Crippen LogP contribution in [0, 0.1) is 5.41 Å². The summed E-state index contributed by atoms with van der Waals surface area (Å²) >= 11 is 0. The van der Waals surface area contributed by atoms with Gasteiger partial charge in [-0.05, 0) is 95.1 Å². The van der Waals surface area contributed by atoms with Crippen LogP contribution in [0.25, 0.3) is 17.2 Å². The Bertz CT molecular complexity index is 1660. The second-order valence-corrected chi connectivity index (χ2v) is 9.88. The number of amides is 1. The van der Waals surface area contributed by atoms with Gasteiger partial charge >= 0.3 is 5.97 Å². The Kier molecular flexibility index (Phi) is 6.29. The lowest BCUT2D eigenvalue weighted by Gasteiger charge is -2.32. The normalized spacial score (nSPS) is 13.7. The summed E-state index contributed by atoms with van der Waals surface area (Å²) in [6.07, 6.45) is 4.28. The molecule has 0 saturated carbocycles. The Morgan fingerprint density at radius 2 is 1.62 bits per heavy atom. The standard InChI is InChI=1S/C33H27N3O3/c34-31(33(38)39)29(32(37)35-25-9-2-1-3-10-25)18-21-12-15-30-23(17-21)8-6-16-36(30)26-13-14-28-24(20-26)19-22-7-4-5-11-27(22)28/h1-5,7,9-15,17-18,20,34H,6,8,16,19H2,(H,35,37)(H,38,39)/b29-18-,34-31?. The quantitative estimate of drug-likeness (QED) is 0.179. The molecule has 6 rings (SSSR count). The van der Waals surface area contributed by atoms with Crippen LogP contribution in [0.15, 0.2) is 96.6 Å². The number of nitrogens with one attached hydrogen (secondary N) is 2. The van der Waals surface area contributed by atoms with Crippen molar-refractivity contribution in [2.75, 3.05) is 16.8 Å². The monoisotopic (exact) mass is 513 g/mol. The molecule has 0 unspecified atom stereocenters. The van der Waals surface area contributed by atoms with Gasteiger partial charge < -0.3 is 15.3 Å². The molecule has 0 bridgehead atoms. The molecule has 1 aliphatic carbocycles. The molecule has 2 aliphatic rings. The van der Waals surface area contributed by atoms with Crippen molar-refractivity contribution >= 4 is 40.7 Å². The number of carboxylic acid groups (broad SMARTS) is 1. The van der Waals surface area contributed by atoms with E-state index in [9.17, 15) is 14.7 Å². The molecule has 192 valence electrons. The van der Waals surface area contributed by atoms with Crippen molar-refractivity contribution in [1.82, 2.24) is 0 Å². The van der Waals surface area contributed by atoms with E-state index in [0.29, 0.717) is 11.3 Å². The molecule has 0 aromatic heterocycles. The maximum absolute atomic E-state index is 13.0. The summed E-state index contributed by atoms with van der Waals surface area (Å²) in [5.41, 5.74) is 8.97. The van der Waals surface area contributed by atoms with Crippen molar-refractivity contribution < 1.29 is 14.7 Å². The van der Waals surface area contributed by atoms with E-state index in [1.165, 1.54) is 28.3 Å². The van der Waals surface area contributed by atoms with Crippen LogP contribution in [-0.2, 0) is 22.4 Å². The number of nitrogens with zero attached hydrogens (tertiary/aromatic N) is 1. The number of rotatable bonds is 6. The van der Waals surface area contributed by atoms with E-state index in [1.54, 1.807) is 24.3 Å². The number of benzene rings is 4. The number of para-hydroxylation sites is 1. The highest BCUT2D eigenvalue weighted by Crippen LogP contribution is 2.41. The molecule has 0 spiro atoms. The molecule has 39 heavy (non-hydrogen) atoms. The summed E-state index contributed by atoms with van der Waals surface area (Å²) in [5, 5.41) is 20.2. The zero-order valence-corrected chi connectivity index (χ0v) is 21.3. The van der Waals surface area contributed by atoms with E-state index < -0.39 is 17.6 Å². The Morgan fingerprint density at radius 3 is 2.44 bits per heavy atom. The largest absolute Gasteiger partial charge is 0.477 e. The second kappa shape index (κ2) is 10.1. The molecule has 1 heterocycles. The van der Waals surface area contributed by atoms with Crippen molar-refractivity contribution in [2.45, 2.75) is 19.3 Å². The van der Waals surface area contributed by atoms with Gasteiger partial charge in [0.25, 0.3) is 5.91 Å². The van der Waals surface area contributed by atoms with Crippen molar-refractivity contribution in [2.24, 2.45) is 0 Å². The lowest BCUT2D eigenvalue weighted by atomic mass is 9.96. The van der Waals surface area contributed by atoms with Crippen LogP contribution in [0.5, 0.6) is 0 Å². The zero-order valence-electron chi connectivity index (χ0n) is 21.3. The van der Waals surface area contributed by atoms with Crippen molar-refractivity contribution in [3.63, 3.8) is 0 Å². The summed E-state index contributed by atoms with van der Waals surface area (Å²) in [5.74, 6) is -2.08. The van der Waals surface area contributed by atoms with Gasteiger partial charge in [0.1, 0.15) is 0 Å². The van der Waals surface area contributed by atoms with Crippen molar-refractivity contribution in [1.29, 1.82) is 5.41 Å². The number of carboxylic acids is 1. The minimum Gasteiger partial charge on any atom is -0.477 e. The average molecular weight is 514 g/mol. The molecule has 0 fully saturated rings. The first-order valence-electron chi connectivity index (χ1n) is 13.0. The van der Waals surface area contributed by atoms with Gasteiger partial charge in [-0.3, -0.25) is 10.2 Å². The van der Waals surface area contributed by atoms with Crippen LogP contribution in [0.1, 0.15) is 28.7 Å². The molecule has 1 aliphatic heterocycles. The predicted octanol–water partition coefficient (Wildman–Crippen LogP) is 6.47. The number of carbonyl (C=O) groups is 2. The second-order valence-electron chi connectivity index (χ2n) is 9.88. The molecule has 0 atom stereocenters. The minimum absolute atomic E-state index is 0.197. The topological polar surface area (TPSA) is 93.5 Å². The molecule has 6 nitrogen and oxygen atoms in total. The number of carbonyl (C=O) groups excluding carboxylic acids is 1. The summed E-state index contributed by atoms with van der Waals surface area (Å²) in [4.78, 5) is 26.9. The Balaban J connectivity index is 1.30. The Hall–Kier alpha value is -4.97. The number of anilines is 3. The zero-order chi connectivity index (χ0) is 26.9. The summed E-state index contributed by atoms with van der Waals surface area (Å²) in [7, 11) is 0. The van der Waals surface area contributed by atoms with E-state index in [0.717, 1.165) is 42.7 Å². The Labute approximate surface area is 226 Å². The average Bonchev–Trinajstić information content (AvgIpc) is 3.33. The van der Waals surface area contributed by atoms with E-state index in [2.05, 4.69) is 52.7 Å². The fraction of sp³-hybridized carbons (Fsp3) is 0.121. The highest BCUT2D eigenvalue weighted by molar-refractivity contribution is 6.50. The fourth-order valence-electron chi connectivity index (χ4n) is 5.53. The lowest BCUT2D eigenvalue weighted by Crippen LogP contribution is -2.25. The number of aliphatic carboxylic acids is 1. The van der Waals surface area contributed by atoms with Gasteiger partial charge in [-0.25, -0.2) is 4.79 Å². The highest BCUT2D eigenvalue weighted by Gasteiger charge is 2.24. The highest BCUT2D eigenvalue weighted by atomic mass is 16.4. The third-order valence-electron chi connectivity index (χ3n) is 7.38. The Morgan fingerprint density at radius 1 is 0.846 bits per heavy atom. The summed E-state index contributed by atoms with van der Waals surface area (Å²) in [6.45, 7) is 0.905. The van der Waals surface area contributed by atoms with Gasteiger partial charge in [0, 0.05) is 23.6 Å². The molecule has 6 heteroatoms. The molecule has 1 amide bonds. The first kappa shape index (κ1) is 24.4. The van der Waals surface area contributed by atoms with E-state index in [4.69, 9.17) is 5.41 Å². The molecule has 3 N–H and O–H groups in total. The van der Waals surface area contributed by atoms with Gasteiger partial charge in [0.15, 0.2) is 5.71 Å². The van der Waals surface area contributed by atoms with E-state index in [-0.39, 0.29) is 5.57 Å². The van der Waals surface area contributed by atoms with E-state index in [1.807, 2.05) is 24.3 Å². The maximum atomic E-state index is 13.0. The van der Waals surface area contributed by atoms with Gasteiger partial charge in [-0.15, -0.1) is 0 Å². The maximum Gasteiger partial charge on any atom is 0.354 e. The number of fused-ring (bicyclic) bond motifs is 4. The SMILES string of the molecule is N=C(C(=O)O)/C(=C/c1ccc2c(c1)CCCN2c1ccc2c(c1)Cc1ccccc1-2)C(=O)Nc1ccccc1. The first-order chi connectivity index (χ1) is 19.0. The minimum atomic E-state index is -1.45. The summed E-state index contributed by atoms with van der Waals surface area (Å²) < 4.78 is 0. The molecule has 4 aromatic rings. The third kappa shape index (κ3) is 4.73. The predicted molar refractivity (Wildman–Crippen MR) is 155 cm³/mol. The van der Waals surface area contributed by atoms with Crippen molar-refractivity contribution in [3.05, 3.63) is 119 Å². The van der Waals surface area contributed by atoms with Gasteiger partial charge in [0.2, 0.25) is 0 Å². The molecular weight excluding hydrogens is 486 g/mol. The van der Waals surface area contributed by atoms with Crippen LogP contribution in [0.3, 0.4) is 0 Å². The van der Waals surface area contributed by atoms with E-state index >= 15 is 0 Å². The van der Waals surface area contributed by atoms with Crippen LogP contribution >= 0.6 is 0 Å². The van der Waals surface area contributed by atoms with Gasteiger partial charge in [0.05, 0.1) is 5.57 Å². The van der Waals surface area contributed by atoms with Gasteiger partial charge in [-0.1, -0.05) is 54.6 Å². The van der Waals surface area contributed by atoms with Crippen LogP contribution in [-0.4, -0.2) is 29.2 Å². The third-order valence-corrected chi connectivity index (χ3v) is 7.38. The van der Waals surface area contributed by atoms with Crippen LogP contribution in [0.2, 0.25) is 0 Å². The number of aryl methyl sites for hydroxylation is 1. The number of hydrogen-bond acceptors (Lipinski definition) is 4. The summed E-state index contributed by atoms with van der Waals surface area (Å²) in [6, 6.07) is 30.0. The van der Waals surface area contributed by atoms with Crippen LogP contribution < -0.4 is 10.2 Å². The molecule has 4 aromatic carbocycles. The molecular formula is C33H27N3O3. The van der Waals surface area contributed by atoms with Gasteiger partial charge in [-0.2, -0.15) is 0 Å². The van der Waals surface area contributed by atoms with Crippen LogP contribution in [0.4, 0.5) is 17.1 Å². The molecule has 0 radical (unpaired) electrons. The smallest absolute Gasteiger partial charge is 0.354 e. The molecule has 0 saturated heterocycles.